The first-order valence-electron chi connectivity index (χ1n) is 4.50. The zero-order valence-corrected chi connectivity index (χ0v) is 8.09. The Balaban J connectivity index is 3.01. The van der Waals surface area contributed by atoms with E-state index in [0.717, 1.165) is 6.42 Å². The van der Waals surface area contributed by atoms with Crippen LogP contribution in [0.2, 0.25) is 0 Å². The van der Waals surface area contributed by atoms with Gasteiger partial charge in [-0.25, -0.2) is 0 Å². The molecule has 1 rings (SSSR count). The van der Waals surface area contributed by atoms with Gasteiger partial charge in [-0.1, -0.05) is 37.3 Å². The van der Waals surface area contributed by atoms with Crippen LogP contribution in [-0.2, 0) is 6.42 Å². The second-order valence-electron chi connectivity index (χ2n) is 3.04. The summed E-state index contributed by atoms with van der Waals surface area (Å²) >= 11 is 0. The number of rotatable bonds is 2. The Labute approximate surface area is 74.9 Å². The van der Waals surface area contributed by atoms with Crippen LogP contribution in [0.5, 0.6) is 0 Å². The third-order valence-electron chi connectivity index (χ3n) is 2.11. The zero-order valence-electron chi connectivity index (χ0n) is 8.09. The van der Waals surface area contributed by atoms with E-state index in [4.69, 9.17) is 0 Å². The summed E-state index contributed by atoms with van der Waals surface area (Å²) in [4.78, 5) is 0. The lowest BCUT2D eigenvalue weighted by Gasteiger charge is -2.03. The van der Waals surface area contributed by atoms with Crippen LogP contribution in [0.25, 0.3) is 6.08 Å². The van der Waals surface area contributed by atoms with E-state index in [-0.39, 0.29) is 0 Å². The maximum absolute atomic E-state index is 2.23. The van der Waals surface area contributed by atoms with Crippen molar-refractivity contribution in [1.29, 1.82) is 0 Å². The van der Waals surface area contributed by atoms with Gasteiger partial charge in [0.2, 0.25) is 0 Å². The van der Waals surface area contributed by atoms with E-state index < -0.39 is 0 Å². The molecule has 64 valence electrons. The summed E-state index contributed by atoms with van der Waals surface area (Å²) in [5.74, 6) is 0. The van der Waals surface area contributed by atoms with Crippen LogP contribution in [0.3, 0.4) is 0 Å². The smallest absolute Gasteiger partial charge is 0.0257 e. The topological polar surface area (TPSA) is 0 Å². The van der Waals surface area contributed by atoms with Crippen molar-refractivity contribution in [2.75, 3.05) is 0 Å². The molecule has 0 saturated carbocycles. The highest BCUT2D eigenvalue weighted by molar-refractivity contribution is 5.51. The molecular formula is C12H16. The van der Waals surface area contributed by atoms with Gasteiger partial charge >= 0.3 is 0 Å². The Hall–Kier alpha value is -1.04. The molecule has 0 heteroatoms. The minimum atomic E-state index is 1.13. The molecule has 1 aromatic carbocycles. The molecule has 0 nitrogen and oxygen atoms in total. The molecule has 0 bridgehead atoms. The van der Waals surface area contributed by atoms with Gasteiger partial charge in [0.05, 0.1) is 0 Å². The third kappa shape index (κ3) is 1.97. The Morgan fingerprint density at radius 2 is 2.08 bits per heavy atom. The second kappa shape index (κ2) is 4.10. The number of allylic oxidation sites excluding steroid dienone is 1. The average Bonchev–Trinajstić information content (AvgIpc) is 2.05. The van der Waals surface area contributed by atoms with Crippen LogP contribution in [0.4, 0.5) is 0 Å². The maximum atomic E-state index is 2.23. The molecule has 0 atom stereocenters. The third-order valence-corrected chi connectivity index (χ3v) is 2.11. The van der Waals surface area contributed by atoms with Crippen molar-refractivity contribution in [3.8, 4) is 0 Å². The molecule has 0 fully saturated rings. The van der Waals surface area contributed by atoms with E-state index in [0.29, 0.717) is 0 Å². The summed E-state index contributed by atoms with van der Waals surface area (Å²) in [6.07, 6.45) is 5.33. The molecule has 0 N–H and O–H groups in total. The maximum Gasteiger partial charge on any atom is -0.0257 e. The van der Waals surface area contributed by atoms with Crippen LogP contribution < -0.4 is 0 Å². The predicted octanol–water partition coefficient (Wildman–Crippen LogP) is 3.59. The van der Waals surface area contributed by atoms with Crippen molar-refractivity contribution in [2.45, 2.75) is 27.2 Å². The molecule has 0 aliphatic rings. The van der Waals surface area contributed by atoms with Crippen molar-refractivity contribution in [1.82, 2.24) is 0 Å². The van der Waals surface area contributed by atoms with Gasteiger partial charge in [-0.05, 0) is 37.0 Å². The van der Waals surface area contributed by atoms with Gasteiger partial charge in [0.25, 0.3) is 0 Å². The van der Waals surface area contributed by atoms with Crippen LogP contribution in [0, 0.1) is 6.92 Å². The van der Waals surface area contributed by atoms with E-state index in [9.17, 15) is 0 Å². The van der Waals surface area contributed by atoms with Crippen molar-refractivity contribution < 1.29 is 0 Å². The molecular weight excluding hydrogens is 144 g/mol. The molecule has 0 saturated heterocycles. The number of aryl methyl sites for hydroxylation is 2. The molecule has 0 aliphatic heterocycles. The predicted molar refractivity (Wildman–Crippen MR) is 55.3 cm³/mol. The number of hydrogen-bond donors (Lipinski definition) is 0. The Morgan fingerprint density at radius 3 is 2.58 bits per heavy atom. The van der Waals surface area contributed by atoms with Crippen molar-refractivity contribution in [2.24, 2.45) is 0 Å². The van der Waals surface area contributed by atoms with Gasteiger partial charge in [-0.15, -0.1) is 0 Å². The summed E-state index contributed by atoms with van der Waals surface area (Å²) in [6, 6.07) is 6.62. The van der Waals surface area contributed by atoms with Crippen LogP contribution in [-0.4, -0.2) is 0 Å². The fourth-order valence-corrected chi connectivity index (χ4v) is 1.41. The largest absolute Gasteiger partial charge is 0.0871 e. The van der Waals surface area contributed by atoms with E-state index in [1.54, 1.807) is 0 Å². The van der Waals surface area contributed by atoms with Crippen LogP contribution >= 0.6 is 0 Å². The average molecular weight is 160 g/mol. The minimum Gasteiger partial charge on any atom is -0.0871 e. The van der Waals surface area contributed by atoms with Gasteiger partial charge < -0.3 is 0 Å². The first-order chi connectivity index (χ1) is 5.77. The number of benzene rings is 1. The molecule has 0 heterocycles. The molecule has 0 radical (unpaired) electrons. The lowest BCUT2D eigenvalue weighted by molar-refractivity contribution is 1.11. The van der Waals surface area contributed by atoms with Crippen molar-refractivity contribution in [3.05, 3.63) is 41.0 Å². The van der Waals surface area contributed by atoms with E-state index in [1.807, 2.05) is 6.92 Å². The lowest BCUT2D eigenvalue weighted by Crippen LogP contribution is -1.86. The standard InChI is InChI=1S/C12H16/c1-4-6-11-7-8-12(5-2)10(3)9-11/h4,6-9H,5H2,1-3H3. The van der Waals surface area contributed by atoms with Gasteiger partial charge in [-0.2, -0.15) is 0 Å². The summed E-state index contributed by atoms with van der Waals surface area (Å²) in [7, 11) is 0. The van der Waals surface area contributed by atoms with Crippen LogP contribution in [0.1, 0.15) is 30.5 Å². The first kappa shape index (κ1) is 9.05. The highest BCUT2D eigenvalue weighted by atomic mass is 14.0. The summed E-state index contributed by atoms with van der Waals surface area (Å²) in [5, 5.41) is 0. The van der Waals surface area contributed by atoms with Gasteiger partial charge in [0.1, 0.15) is 0 Å². The summed E-state index contributed by atoms with van der Waals surface area (Å²) in [5.41, 5.74) is 4.14. The van der Waals surface area contributed by atoms with Crippen molar-refractivity contribution in [3.63, 3.8) is 0 Å². The molecule has 0 unspecified atom stereocenters. The van der Waals surface area contributed by atoms with E-state index in [2.05, 4.69) is 44.2 Å². The molecule has 0 spiro atoms. The molecule has 0 aliphatic carbocycles. The Morgan fingerprint density at radius 1 is 1.33 bits per heavy atom. The van der Waals surface area contributed by atoms with E-state index in [1.165, 1.54) is 16.7 Å². The fraction of sp³-hybridized carbons (Fsp3) is 0.333. The van der Waals surface area contributed by atoms with Crippen molar-refractivity contribution >= 4 is 6.08 Å². The van der Waals surface area contributed by atoms with E-state index >= 15 is 0 Å². The molecule has 12 heavy (non-hydrogen) atoms. The molecule has 0 aromatic heterocycles. The summed E-state index contributed by atoms with van der Waals surface area (Å²) in [6.45, 7) is 6.41. The molecule has 1 aromatic rings. The Kier molecular flexibility index (Phi) is 3.09. The zero-order chi connectivity index (χ0) is 8.97. The van der Waals surface area contributed by atoms with Gasteiger partial charge in [0, 0.05) is 0 Å². The highest BCUT2D eigenvalue weighted by Crippen LogP contribution is 2.12. The Bertz CT molecular complexity index is 282. The normalized spacial score (nSPS) is 10.9. The lowest BCUT2D eigenvalue weighted by atomic mass is 10.0. The fourth-order valence-electron chi connectivity index (χ4n) is 1.41. The van der Waals surface area contributed by atoms with Gasteiger partial charge in [-0.3, -0.25) is 0 Å². The first-order valence-corrected chi connectivity index (χ1v) is 4.50. The SMILES string of the molecule is CC=Cc1ccc(CC)c(C)c1. The highest BCUT2D eigenvalue weighted by Gasteiger charge is 1.94. The monoisotopic (exact) mass is 160 g/mol. The molecule has 0 amide bonds. The second-order valence-corrected chi connectivity index (χ2v) is 3.04. The minimum absolute atomic E-state index is 1.13. The number of hydrogen-bond acceptors (Lipinski definition) is 0. The summed E-state index contributed by atoms with van der Waals surface area (Å²) < 4.78 is 0. The van der Waals surface area contributed by atoms with Gasteiger partial charge in [0.15, 0.2) is 0 Å². The quantitative estimate of drug-likeness (QED) is 0.620. The van der Waals surface area contributed by atoms with Crippen LogP contribution in [0.15, 0.2) is 24.3 Å².